The number of alkyl halides is 3. The monoisotopic (exact) mass is 436 g/mol. The summed E-state index contributed by atoms with van der Waals surface area (Å²) in [6, 6.07) is 5.40. The van der Waals surface area contributed by atoms with E-state index in [1.165, 1.54) is 29.0 Å². The Labute approximate surface area is 176 Å². The number of rotatable bonds is 7. The first kappa shape index (κ1) is 22.4. The van der Waals surface area contributed by atoms with Crippen molar-refractivity contribution in [3.8, 4) is 16.9 Å². The third-order valence-corrected chi connectivity index (χ3v) is 4.69. The van der Waals surface area contributed by atoms with Crippen LogP contribution in [0.4, 0.5) is 18.0 Å². The molecule has 166 valence electrons. The molecular weight excluding hydrogens is 413 g/mol. The van der Waals surface area contributed by atoms with Crippen LogP contribution in [0.1, 0.15) is 32.8 Å². The third kappa shape index (κ3) is 5.25. The van der Waals surface area contributed by atoms with Gasteiger partial charge in [-0.05, 0) is 43.0 Å². The fourth-order valence-electron chi connectivity index (χ4n) is 3.62. The summed E-state index contributed by atoms with van der Waals surface area (Å²) in [6.45, 7) is 5.13. The molecule has 2 heterocycles. The van der Waals surface area contributed by atoms with Gasteiger partial charge < -0.3 is 15.2 Å². The van der Waals surface area contributed by atoms with Crippen molar-refractivity contribution in [2.75, 3.05) is 6.61 Å². The van der Waals surface area contributed by atoms with E-state index < -0.39 is 23.4 Å². The van der Waals surface area contributed by atoms with Crippen LogP contribution < -0.4 is 10.1 Å². The van der Waals surface area contributed by atoms with Crippen LogP contribution in [0, 0.1) is 5.92 Å². The molecule has 1 unspecified atom stereocenters. The number of nitrogens with one attached hydrogen (secondary N) is 1. The van der Waals surface area contributed by atoms with Crippen LogP contribution in [0.25, 0.3) is 16.8 Å². The molecule has 0 radical (unpaired) electrons. The van der Waals surface area contributed by atoms with Crippen LogP contribution >= 0.6 is 0 Å². The Morgan fingerprint density at radius 2 is 2.06 bits per heavy atom. The molecule has 0 spiro atoms. The van der Waals surface area contributed by atoms with Gasteiger partial charge in [0.05, 0.1) is 17.3 Å². The first-order valence-electron chi connectivity index (χ1n) is 9.62. The van der Waals surface area contributed by atoms with Gasteiger partial charge in [0, 0.05) is 18.0 Å². The molecule has 0 saturated carbocycles. The Morgan fingerprint density at radius 3 is 2.71 bits per heavy atom. The van der Waals surface area contributed by atoms with Crippen LogP contribution in [0.3, 0.4) is 0 Å². The highest BCUT2D eigenvalue weighted by Crippen LogP contribution is 2.39. The topological polar surface area (TPSA) is 88.8 Å². The fraction of sp³-hybridized carbons (Fsp3) is 0.381. The highest BCUT2D eigenvalue weighted by Gasteiger charge is 2.36. The zero-order valence-electron chi connectivity index (χ0n) is 17.3. The second-order valence-corrected chi connectivity index (χ2v) is 8.03. The van der Waals surface area contributed by atoms with Crippen molar-refractivity contribution in [1.82, 2.24) is 19.9 Å². The minimum atomic E-state index is -4.67. The maximum Gasteiger partial charge on any atom is 0.419 e. The quantitative estimate of drug-likeness (QED) is 0.552. The molecule has 2 aromatic heterocycles. The summed E-state index contributed by atoms with van der Waals surface area (Å²) in [7, 11) is 0. The molecule has 0 aliphatic heterocycles. The molecule has 1 atom stereocenters. The summed E-state index contributed by atoms with van der Waals surface area (Å²) in [5.41, 5.74) is -0.827. The summed E-state index contributed by atoms with van der Waals surface area (Å²) >= 11 is 0. The number of amides is 1. The Hall–Kier alpha value is -3.30. The molecule has 31 heavy (non-hydrogen) atoms. The van der Waals surface area contributed by atoms with E-state index >= 15 is 0 Å². The molecular formula is C21H23F3N4O3. The van der Waals surface area contributed by atoms with Crippen molar-refractivity contribution in [1.29, 1.82) is 0 Å². The lowest BCUT2D eigenvalue weighted by Crippen LogP contribution is -2.50. The Bertz CT molecular complexity index is 1080. The Kier molecular flexibility index (Phi) is 6.10. The van der Waals surface area contributed by atoms with Gasteiger partial charge in [-0.25, -0.2) is 14.3 Å². The molecule has 0 aliphatic rings. The molecule has 2 N–H and O–H groups in total. The number of hydrogen-bond donors (Lipinski definition) is 2. The van der Waals surface area contributed by atoms with Crippen molar-refractivity contribution < 1.29 is 27.8 Å². The molecule has 0 fully saturated rings. The first-order valence-corrected chi connectivity index (χ1v) is 9.62. The highest BCUT2D eigenvalue weighted by molar-refractivity contribution is 5.77. The second kappa shape index (κ2) is 8.44. The van der Waals surface area contributed by atoms with Gasteiger partial charge in [0.15, 0.2) is 5.65 Å². The minimum Gasteiger partial charge on any atom is -0.491 e. The SMILES string of the molecule is CC(C)CC(C)(COc1ccc(-c2cnn3cccnc23)cc1C(F)(F)F)NC(=O)O. The second-order valence-electron chi connectivity index (χ2n) is 8.03. The molecule has 1 amide bonds. The van der Waals surface area contributed by atoms with Gasteiger partial charge in [0.2, 0.25) is 0 Å². The van der Waals surface area contributed by atoms with Gasteiger partial charge in [0.25, 0.3) is 0 Å². The number of carbonyl (C=O) groups is 1. The molecule has 0 bridgehead atoms. The van der Waals surface area contributed by atoms with Gasteiger partial charge in [0.1, 0.15) is 12.4 Å². The van der Waals surface area contributed by atoms with E-state index in [0.717, 1.165) is 6.07 Å². The number of nitrogens with zero attached hydrogens (tertiary/aromatic N) is 3. The predicted octanol–water partition coefficient (Wildman–Crippen LogP) is 4.87. The molecule has 0 saturated heterocycles. The van der Waals surface area contributed by atoms with E-state index in [-0.39, 0.29) is 18.3 Å². The standard InChI is InChI=1S/C21H23F3N4O3/c1-13(2)10-20(3,27-19(29)30)12-31-17-6-5-14(9-16(17)21(22,23)24)15-11-26-28-8-4-7-25-18(15)28/h4-9,11,13,27H,10,12H2,1-3H3,(H,29,30). The largest absolute Gasteiger partial charge is 0.491 e. The minimum absolute atomic E-state index is 0.105. The summed E-state index contributed by atoms with van der Waals surface area (Å²) in [6.07, 6.45) is -0.899. The van der Waals surface area contributed by atoms with E-state index in [4.69, 9.17) is 9.84 Å². The van der Waals surface area contributed by atoms with Crippen LogP contribution in [0.15, 0.2) is 42.9 Å². The zero-order chi connectivity index (χ0) is 22.8. The van der Waals surface area contributed by atoms with Crippen molar-refractivity contribution >= 4 is 11.7 Å². The number of aromatic nitrogens is 3. The summed E-state index contributed by atoms with van der Waals surface area (Å²) in [4.78, 5) is 15.3. The molecule has 10 heteroatoms. The predicted molar refractivity (Wildman–Crippen MR) is 108 cm³/mol. The number of benzene rings is 1. The van der Waals surface area contributed by atoms with Crippen LogP contribution in [0.2, 0.25) is 0 Å². The lowest BCUT2D eigenvalue weighted by Gasteiger charge is -2.31. The Morgan fingerprint density at radius 1 is 1.32 bits per heavy atom. The van der Waals surface area contributed by atoms with E-state index in [9.17, 15) is 18.0 Å². The van der Waals surface area contributed by atoms with E-state index in [0.29, 0.717) is 23.2 Å². The van der Waals surface area contributed by atoms with E-state index in [2.05, 4.69) is 15.4 Å². The van der Waals surface area contributed by atoms with Crippen LogP contribution in [0.5, 0.6) is 5.75 Å². The third-order valence-electron chi connectivity index (χ3n) is 4.69. The molecule has 3 rings (SSSR count). The number of ether oxygens (including phenoxy) is 1. The first-order chi connectivity index (χ1) is 14.5. The zero-order valence-corrected chi connectivity index (χ0v) is 17.3. The van der Waals surface area contributed by atoms with Crippen molar-refractivity contribution in [2.45, 2.75) is 38.9 Å². The highest BCUT2D eigenvalue weighted by atomic mass is 19.4. The van der Waals surface area contributed by atoms with Crippen molar-refractivity contribution in [3.05, 3.63) is 48.4 Å². The number of halogens is 3. The van der Waals surface area contributed by atoms with Crippen LogP contribution in [-0.4, -0.2) is 37.9 Å². The lowest BCUT2D eigenvalue weighted by molar-refractivity contribution is -0.139. The average molecular weight is 436 g/mol. The van der Waals surface area contributed by atoms with Gasteiger partial charge in [-0.2, -0.15) is 18.3 Å². The maximum absolute atomic E-state index is 13.8. The summed E-state index contributed by atoms with van der Waals surface area (Å²) < 4.78 is 48.4. The Balaban J connectivity index is 1.95. The van der Waals surface area contributed by atoms with Crippen LogP contribution in [-0.2, 0) is 6.18 Å². The maximum atomic E-state index is 13.8. The molecule has 3 aromatic rings. The van der Waals surface area contributed by atoms with Crippen molar-refractivity contribution in [3.63, 3.8) is 0 Å². The summed E-state index contributed by atoms with van der Waals surface area (Å²) in [5, 5.41) is 15.6. The van der Waals surface area contributed by atoms with Crippen molar-refractivity contribution in [2.24, 2.45) is 5.92 Å². The van der Waals surface area contributed by atoms with Gasteiger partial charge in [-0.1, -0.05) is 19.9 Å². The van der Waals surface area contributed by atoms with Gasteiger partial charge in [-0.3, -0.25) is 0 Å². The van der Waals surface area contributed by atoms with E-state index in [1.807, 2.05) is 13.8 Å². The van der Waals surface area contributed by atoms with Gasteiger partial charge in [-0.15, -0.1) is 0 Å². The summed E-state index contributed by atoms with van der Waals surface area (Å²) in [5.74, 6) is -0.268. The average Bonchev–Trinajstić information content (AvgIpc) is 3.08. The van der Waals surface area contributed by atoms with Gasteiger partial charge >= 0.3 is 12.3 Å². The number of hydrogen-bond acceptors (Lipinski definition) is 4. The number of carboxylic acid groups (broad SMARTS) is 1. The molecule has 1 aromatic carbocycles. The number of fused-ring (bicyclic) bond motifs is 1. The lowest BCUT2D eigenvalue weighted by atomic mass is 9.91. The normalized spacial score (nSPS) is 13.9. The smallest absolute Gasteiger partial charge is 0.419 e. The van der Waals surface area contributed by atoms with E-state index in [1.54, 1.807) is 19.2 Å². The molecule has 0 aliphatic carbocycles. The molecule has 7 nitrogen and oxygen atoms in total. The fourth-order valence-corrected chi connectivity index (χ4v) is 3.62.